The molecule has 3 rings (SSSR count). The summed E-state index contributed by atoms with van der Waals surface area (Å²) in [6, 6.07) is 2.17. The van der Waals surface area contributed by atoms with E-state index in [1.807, 2.05) is 0 Å². The topological polar surface area (TPSA) is 143 Å². The van der Waals surface area contributed by atoms with Crippen LogP contribution in [0.1, 0.15) is 18.5 Å². The monoisotopic (exact) mass is 469 g/mol. The average Bonchev–Trinajstić information content (AvgIpc) is 3.17. The Morgan fingerprint density at radius 1 is 1.26 bits per heavy atom. The van der Waals surface area contributed by atoms with E-state index in [1.165, 1.54) is 12.1 Å². The number of sulfonamides is 1. The number of anilines is 3. The molecule has 3 aromatic rings. The van der Waals surface area contributed by atoms with Crippen LogP contribution >= 0.6 is 11.6 Å². The molecule has 0 amide bonds. The molecule has 0 aliphatic carbocycles. The smallest absolute Gasteiger partial charge is 0.269 e. The number of phenols is 1. The van der Waals surface area contributed by atoms with Gasteiger partial charge in [-0.2, -0.15) is 5.10 Å². The second-order valence-corrected chi connectivity index (χ2v) is 9.00. The van der Waals surface area contributed by atoms with Gasteiger partial charge in [0.05, 0.1) is 30.1 Å². The van der Waals surface area contributed by atoms with E-state index in [2.05, 4.69) is 15.7 Å². The Labute approximate surface area is 182 Å². The Morgan fingerprint density at radius 2 is 1.90 bits per heavy atom. The van der Waals surface area contributed by atoms with Gasteiger partial charge in [0.15, 0.2) is 5.75 Å². The highest BCUT2D eigenvalue weighted by molar-refractivity contribution is 7.89. The SMILES string of the molecule is CON(C)S(=O)(=O)c1c(Cl)ccc(Nc2c(N[C@H](C)c3cnn(C)c3)c(=O)c2=O)c1O. The van der Waals surface area contributed by atoms with Gasteiger partial charge in [-0.3, -0.25) is 19.1 Å². The average molecular weight is 470 g/mol. The van der Waals surface area contributed by atoms with Gasteiger partial charge in [0.25, 0.3) is 20.9 Å². The van der Waals surface area contributed by atoms with Gasteiger partial charge in [-0.25, -0.2) is 8.42 Å². The fraction of sp³-hybridized carbons (Fsp3) is 0.278. The molecule has 31 heavy (non-hydrogen) atoms. The Kier molecular flexibility index (Phi) is 6.09. The second-order valence-electron chi connectivity index (χ2n) is 6.72. The number of benzene rings is 1. The van der Waals surface area contributed by atoms with Gasteiger partial charge in [-0.15, -0.1) is 0 Å². The molecule has 11 nitrogen and oxygen atoms in total. The first kappa shape index (κ1) is 22.7. The van der Waals surface area contributed by atoms with Gasteiger partial charge < -0.3 is 15.7 Å². The Hall–Kier alpha value is -2.93. The zero-order valence-electron chi connectivity index (χ0n) is 17.0. The largest absolute Gasteiger partial charge is 0.504 e. The number of hydrogen-bond donors (Lipinski definition) is 3. The molecule has 3 N–H and O–H groups in total. The van der Waals surface area contributed by atoms with E-state index in [9.17, 15) is 23.1 Å². The number of rotatable bonds is 8. The molecular formula is C18H20ClN5O6S. The van der Waals surface area contributed by atoms with E-state index in [-0.39, 0.29) is 28.1 Å². The van der Waals surface area contributed by atoms with Crippen molar-refractivity contribution in [1.29, 1.82) is 0 Å². The summed E-state index contributed by atoms with van der Waals surface area (Å²) < 4.78 is 27.3. The number of halogens is 1. The highest BCUT2D eigenvalue weighted by atomic mass is 35.5. The Bertz CT molecular complexity index is 1310. The quantitative estimate of drug-likeness (QED) is 0.254. The fourth-order valence-electron chi connectivity index (χ4n) is 2.87. The minimum atomic E-state index is -4.29. The van der Waals surface area contributed by atoms with Crippen LogP contribution in [0.15, 0.2) is 39.0 Å². The standard InChI is InChI=1S/C18H20ClN5O6S/c1-9(10-7-20-23(2)8-10)21-13-14(17(27)16(13)26)22-12-6-5-11(19)18(15(12)25)31(28,29)24(3)30-4/h5-9,21-22,25H,1-4H3/t9-/m1/s1. The van der Waals surface area contributed by atoms with Gasteiger partial charge >= 0.3 is 0 Å². The van der Waals surface area contributed by atoms with Crippen LogP contribution in [0.2, 0.25) is 5.02 Å². The number of aromatic nitrogens is 2. The third-order valence-corrected chi connectivity index (χ3v) is 6.87. The lowest BCUT2D eigenvalue weighted by Crippen LogP contribution is -2.37. The highest BCUT2D eigenvalue weighted by Gasteiger charge is 2.31. The molecule has 2 aromatic carbocycles. The van der Waals surface area contributed by atoms with Crippen molar-refractivity contribution < 1.29 is 18.4 Å². The molecule has 1 aromatic heterocycles. The first-order chi connectivity index (χ1) is 14.5. The zero-order valence-corrected chi connectivity index (χ0v) is 18.6. The number of nitrogens with zero attached hydrogens (tertiary/aromatic N) is 3. The predicted octanol–water partition coefficient (Wildman–Crippen LogP) is 1.47. The first-order valence-corrected chi connectivity index (χ1v) is 10.7. The molecule has 0 bridgehead atoms. The van der Waals surface area contributed by atoms with Crippen LogP contribution in [-0.2, 0) is 21.9 Å². The van der Waals surface area contributed by atoms with Gasteiger partial charge in [-0.05, 0) is 19.1 Å². The van der Waals surface area contributed by atoms with E-state index in [0.717, 1.165) is 19.7 Å². The van der Waals surface area contributed by atoms with Crippen molar-refractivity contribution >= 4 is 38.7 Å². The molecule has 0 aliphatic heterocycles. The van der Waals surface area contributed by atoms with E-state index < -0.39 is 31.5 Å². The summed E-state index contributed by atoms with van der Waals surface area (Å²) in [6.45, 7) is 1.78. The van der Waals surface area contributed by atoms with Crippen molar-refractivity contribution in [1.82, 2.24) is 14.2 Å². The van der Waals surface area contributed by atoms with Crippen molar-refractivity contribution in [3.8, 4) is 5.75 Å². The molecule has 0 unspecified atom stereocenters. The van der Waals surface area contributed by atoms with Crippen molar-refractivity contribution in [2.24, 2.45) is 7.05 Å². The zero-order chi connectivity index (χ0) is 23.1. The molecule has 0 spiro atoms. The minimum absolute atomic E-state index is 0.00844. The third kappa shape index (κ3) is 4.02. The summed E-state index contributed by atoms with van der Waals surface area (Å²) in [6.07, 6.45) is 3.37. The van der Waals surface area contributed by atoms with E-state index >= 15 is 0 Å². The van der Waals surface area contributed by atoms with Gasteiger partial charge in [0, 0.05) is 25.9 Å². The van der Waals surface area contributed by atoms with Gasteiger partial charge in [-0.1, -0.05) is 16.1 Å². The maximum absolute atomic E-state index is 12.6. The Morgan fingerprint density at radius 3 is 2.48 bits per heavy atom. The number of phenolic OH excluding ortho intramolecular Hbond substituents is 1. The molecule has 0 radical (unpaired) electrons. The highest BCUT2D eigenvalue weighted by Crippen LogP contribution is 2.40. The lowest BCUT2D eigenvalue weighted by molar-refractivity contribution is -0.0259. The molecule has 1 heterocycles. The van der Waals surface area contributed by atoms with Crippen LogP contribution in [0, 0.1) is 0 Å². The summed E-state index contributed by atoms with van der Waals surface area (Å²) in [5, 5.41) is 19.9. The van der Waals surface area contributed by atoms with Crippen LogP contribution in [0.4, 0.5) is 17.1 Å². The van der Waals surface area contributed by atoms with Crippen molar-refractivity contribution in [3.63, 3.8) is 0 Å². The Balaban J connectivity index is 1.96. The van der Waals surface area contributed by atoms with Crippen LogP contribution in [0.5, 0.6) is 5.75 Å². The number of aromatic hydroxyl groups is 1. The fourth-order valence-corrected chi connectivity index (χ4v) is 4.43. The summed E-state index contributed by atoms with van der Waals surface area (Å²) in [7, 11) is -0.282. The van der Waals surface area contributed by atoms with Crippen LogP contribution in [0.3, 0.4) is 0 Å². The number of aryl methyl sites for hydroxylation is 1. The molecule has 0 saturated heterocycles. The summed E-state index contributed by atoms with van der Waals surface area (Å²) in [5.74, 6) is -0.726. The lowest BCUT2D eigenvalue weighted by atomic mass is 10.1. The third-order valence-electron chi connectivity index (χ3n) is 4.69. The molecule has 1 atom stereocenters. The molecule has 13 heteroatoms. The van der Waals surface area contributed by atoms with Crippen LogP contribution < -0.4 is 21.5 Å². The molecule has 0 aliphatic rings. The van der Waals surface area contributed by atoms with Crippen molar-refractivity contribution in [2.45, 2.75) is 17.9 Å². The van der Waals surface area contributed by atoms with Crippen molar-refractivity contribution in [3.05, 3.63) is 55.6 Å². The minimum Gasteiger partial charge on any atom is -0.504 e. The molecule has 0 saturated carbocycles. The van der Waals surface area contributed by atoms with E-state index in [1.54, 1.807) is 31.0 Å². The number of hydrogen-bond acceptors (Lipinski definition) is 9. The van der Waals surface area contributed by atoms with Gasteiger partial charge in [0.1, 0.15) is 16.3 Å². The predicted molar refractivity (Wildman–Crippen MR) is 115 cm³/mol. The van der Waals surface area contributed by atoms with Crippen LogP contribution in [-0.4, -0.2) is 41.9 Å². The summed E-state index contributed by atoms with van der Waals surface area (Å²) in [5.41, 5.74) is -0.994. The summed E-state index contributed by atoms with van der Waals surface area (Å²) in [4.78, 5) is 28.3. The van der Waals surface area contributed by atoms with E-state index in [0.29, 0.717) is 4.47 Å². The maximum Gasteiger partial charge on any atom is 0.269 e. The number of nitrogens with one attached hydrogen (secondary N) is 2. The molecule has 166 valence electrons. The maximum atomic E-state index is 12.6. The first-order valence-electron chi connectivity index (χ1n) is 8.89. The summed E-state index contributed by atoms with van der Waals surface area (Å²) >= 11 is 5.99. The number of hydroxylamine groups is 1. The van der Waals surface area contributed by atoms with Crippen molar-refractivity contribution in [2.75, 3.05) is 24.8 Å². The molecular weight excluding hydrogens is 450 g/mol. The van der Waals surface area contributed by atoms with Gasteiger partial charge in [0.2, 0.25) is 0 Å². The normalized spacial score (nSPS) is 13.0. The lowest BCUT2D eigenvalue weighted by Gasteiger charge is -2.21. The van der Waals surface area contributed by atoms with Crippen LogP contribution in [0.25, 0.3) is 0 Å². The second kappa shape index (κ2) is 8.30. The molecule has 0 fully saturated rings. The van der Waals surface area contributed by atoms with E-state index in [4.69, 9.17) is 16.4 Å².